The lowest BCUT2D eigenvalue weighted by Gasteiger charge is -2.09. The van der Waals surface area contributed by atoms with Crippen LogP contribution < -0.4 is 0 Å². The fraction of sp³-hybridized carbons (Fsp3) is 0. The van der Waals surface area contributed by atoms with E-state index in [-0.39, 0.29) is 10.4 Å². The Hall–Kier alpha value is -2.19. The highest BCUT2D eigenvalue weighted by molar-refractivity contribution is 7.91. The van der Waals surface area contributed by atoms with Gasteiger partial charge in [-0.3, -0.25) is 0 Å². The maximum Gasteiger partial charge on any atom is 0.348 e. The second kappa shape index (κ2) is 4.92. The maximum atomic E-state index is 13.6. The van der Waals surface area contributed by atoms with Crippen LogP contribution in [-0.2, 0) is 20.2 Å². The first-order chi connectivity index (χ1) is 10.3. The number of hydrogen-bond acceptors (Lipinski definition) is 4. The molecule has 0 fully saturated rings. The monoisotopic (exact) mass is 339 g/mol. The first-order valence-corrected chi connectivity index (χ1v) is 9.00. The van der Waals surface area contributed by atoms with Gasteiger partial charge in [-0.1, -0.05) is 40.3 Å². The summed E-state index contributed by atoms with van der Waals surface area (Å²) in [6.07, 6.45) is 0. The van der Waals surface area contributed by atoms with Crippen LogP contribution in [0.5, 0.6) is 0 Å². The fourth-order valence-electron chi connectivity index (χ4n) is 2.22. The third-order valence-corrected chi connectivity index (χ3v) is 5.82. The van der Waals surface area contributed by atoms with E-state index >= 15 is 0 Å². The fourth-order valence-corrected chi connectivity index (χ4v) is 4.77. The maximum absolute atomic E-state index is 13.6. The topological polar surface area (TPSA) is 73.2 Å². The van der Waals surface area contributed by atoms with Crippen LogP contribution in [0.15, 0.2) is 70.6 Å². The lowest BCUT2D eigenvalue weighted by atomic mass is 10.3. The van der Waals surface area contributed by atoms with Gasteiger partial charge in [0.25, 0.3) is 10.0 Å². The van der Waals surface area contributed by atoms with Crippen molar-refractivity contribution in [2.75, 3.05) is 0 Å². The van der Waals surface area contributed by atoms with Crippen LogP contribution in [0.2, 0.25) is 0 Å². The molecule has 0 spiro atoms. The normalized spacial score (nSPS) is 12.6. The Bertz CT molecular complexity index is 1050. The van der Waals surface area contributed by atoms with E-state index in [0.29, 0.717) is 9.36 Å². The molecule has 0 amide bonds. The molecule has 0 saturated carbocycles. The summed E-state index contributed by atoms with van der Waals surface area (Å²) in [6, 6.07) is 14.4. The summed E-state index contributed by atoms with van der Waals surface area (Å²) in [7, 11) is -9.44. The lowest BCUT2D eigenvalue weighted by Crippen LogP contribution is -2.16. The molecule has 0 saturated heterocycles. The summed E-state index contributed by atoms with van der Waals surface area (Å²) < 4.78 is 62.2. The molecule has 0 aliphatic rings. The van der Waals surface area contributed by atoms with E-state index in [9.17, 15) is 20.7 Å². The molecule has 0 N–H and O–H groups in total. The number of fused-ring (bicyclic) bond motifs is 1. The first kappa shape index (κ1) is 14.7. The molecule has 0 aliphatic heterocycles. The molecule has 1 heterocycles. The van der Waals surface area contributed by atoms with Crippen molar-refractivity contribution in [3.8, 4) is 0 Å². The second-order valence-electron chi connectivity index (χ2n) is 4.56. The minimum atomic E-state index is -5.20. The van der Waals surface area contributed by atoms with Gasteiger partial charge in [0.1, 0.15) is 0 Å². The van der Waals surface area contributed by atoms with Gasteiger partial charge in [0, 0.05) is 5.39 Å². The Balaban J connectivity index is 2.45. The molecule has 3 aromatic rings. The van der Waals surface area contributed by atoms with Crippen molar-refractivity contribution < 1.29 is 20.7 Å². The first-order valence-electron chi connectivity index (χ1n) is 6.17. The number of benzene rings is 2. The summed E-state index contributed by atoms with van der Waals surface area (Å²) in [6.45, 7) is 0. The summed E-state index contributed by atoms with van der Waals surface area (Å²) in [5.41, 5.74) is 0.0996. The van der Waals surface area contributed by atoms with Crippen molar-refractivity contribution in [2.45, 2.75) is 9.92 Å². The zero-order valence-electron chi connectivity index (χ0n) is 11.0. The third kappa shape index (κ3) is 2.30. The van der Waals surface area contributed by atoms with Crippen LogP contribution in [0.3, 0.4) is 0 Å². The van der Waals surface area contributed by atoms with E-state index < -0.39 is 25.3 Å². The van der Waals surface area contributed by atoms with Crippen molar-refractivity contribution in [3.63, 3.8) is 0 Å². The van der Waals surface area contributed by atoms with Crippen LogP contribution in [-0.4, -0.2) is 20.8 Å². The summed E-state index contributed by atoms with van der Waals surface area (Å²) in [4.78, 5) is -0.124. The quantitative estimate of drug-likeness (QED) is 0.687. The Morgan fingerprint density at radius 3 is 2.05 bits per heavy atom. The summed E-state index contributed by atoms with van der Waals surface area (Å²) in [5, 5.41) is -0.587. The van der Waals surface area contributed by atoms with Crippen LogP contribution in [0.25, 0.3) is 10.9 Å². The molecule has 2 aromatic carbocycles. The predicted octanol–water partition coefficient (Wildman–Crippen LogP) is 2.54. The van der Waals surface area contributed by atoms with Gasteiger partial charge < -0.3 is 0 Å². The van der Waals surface area contributed by atoms with Crippen LogP contribution >= 0.6 is 0 Å². The zero-order chi connectivity index (χ0) is 16.0. The van der Waals surface area contributed by atoms with Gasteiger partial charge in [0.05, 0.1) is 10.4 Å². The molecule has 22 heavy (non-hydrogen) atoms. The minimum Gasteiger partial charge on any atom is -0.220 e. The number of hydrogen-bond donors (Lipinski definition) is 0. The lowest BCUT2D eigenvalue weighted by molar-refractivity contribution is 0.542. The van der Waals surface area contributed by atoms with Crippen molar-refractivity contribution in [2.24, 2.45) is 0 Å². The van der Waals surface area contributed by atoms with Gasteiger partial charge in [-0.25, -0.2) is 12.4 Å². The highest BCUT2D eigenvalue weighted by Gasteiger charge is 2.29. The summed E-state index contributed by atoms with van der Waals surface area (Å²) in [5.74, 6) is 0. The zero-order valence-corrected chi connectivity index (χ0v) is 12.7. The van der Waals surface area contributed by atoms with Crippen LogP contribution in [0.4, 0.5) is 3.89 Å². The molecule has 3 rings (SSSR count). The predicted molar refractivity (Wildman–Crippen MR) is 79.3 cm³/mol. The molecule has 1 aromatic heterocycles. The van der Waals surface area contributed by atoms with E-state index in [1.165, 1.54) is 36.4 Å². The number of halogens is 1. The SMILES string of the molecule is O=S(=O)(F)c1cc2ccccc2n1S(=O)(=O)c1ccccc1. The molecule has 5 nitrogen and oxygen atoms in total. The highest BCUT2D eigenvalue weighted by Crippen LogP contribution is 2.29. The molecule has 0 aliphatic carbocycles. The number of nitrogens with zero attached hydrogens (tertiary/aromatic N) is 1. The number of para-hydroxylation sites is 1. The van der Waals surface area contributed by atoms with Crippen molar-refractivity contribution in [3.05, 3.63) is 60.7 Å². The Morgan fingerprint density at radius 1 is 0.818 bits per heavy atom. The van der Waals surface area contributed by atoms with Crippen molar-refractivity contribution in [1.82, 2.24) is 3.97 Å². The summed E-state index contributed by atoms with van der Waals surface area (Å²) >= 11 is 0. The Kier molecular flexibility index (Phi) is 3.30. The second-order valence-corrected chi connectivity index (χ2v) is 7.64. The molecule has 0 atom stereocenters. The molecular weight excluding hydrogens is 329 g/mol. The Morgan fingerprint density at radius 2 is 1.41 bits per heavy atom. The number of rotatable bonds is 3. The van der Waals surface area contributed by atoms with Crippen molar-refractivity contribution >= 4 is 31.1 Å². The molecule has 0 bridgehead atoms. The van der Waals surface area contributed by atoms with Crippen LogP contribution in [0.1, 0.15) is 0 Å². The average molecular weight is 339 g/mol. The highest BCUT2D eigenvalue weighted by atomic mass is 32.3. The van der Waals surface area contributed by atoms with Crippen LogP contribution in [0, 0.1) is 0 Å². The number of aromatic nitrogens is 1. The van der Waals surface area contributed by atoms with Gasteiger partial charge >= 0.3 is 10.2 Å². The Labute approximate surface area is 126 Å². The van der Waals surface area contributed by atoms with E-state index in [2.05, 4.69) is 0 Å². The van der Waals surface area contributed by atoms with E-state index in [0.717, 1.165) is 6.07 Å². The van der Waals surface area contributed by atoms with E-state index in [1.54, 1.807) is 18.2 Å². The minimum absolute atomic E-state index is 0.0996. The molecule has 0 radical (unpaired) electrons. The van der Waals surface area contributed by atoms with Gasteiger partial charge in [-0.05, 0) is 24.3 Å². The van der Waals surface area contributed by atoms with Gasteiger partial charge in [-0.15, -0.1) is 0 Å². The molecule has 8 heteroatoms. The largest absolute Gasteiger partial charge is 0.348 e. The smallest absolute Gasteiger partial charge is 0.220 e. The standard InChI is InChI=1S/C14H10FNO4S2/c15-21(17,18)14-10-11-6-4-5-9-13(11)16(14)22(19,20)12-7-2-1-3-8-12/h1-10H. The molecular formula is C14H10FNO4S2. The third-order valence-electron chi connectivity index (χ3n) is 3.17. The van der Waals surface area contributed by atoms with Gasteiger partial charge in [-0.2, -0.15) is 8.42 Å². The van der Waals surface area contributed by atoms with Gasteiger partial charge in [0.2, 0.25) is 0 Å². The average Bonchev–Trinajstić information content (AvgIpc) is 2.88. The van der Waals surface area contributed by atoms with Crippen molar-refractivity contribution in [1.29, 1.82) is 0 Å². The van der Waals surface area contributed by atoms with E-state index in [4.69, 9.17) is 0 Å². The molecule has 0 unspecified atom stereocenters. The van der Waals surface area contributed by atoms with E-state index in [1.807, 2.05) is 0 Å². The molecule has 114 valence electrons. The van der Waals surface area contributed by atoms with Gasteiger partial charge in [0.15, 0.2) is 5.03 Å².